The minimum absolute atomic E-state index is 0.449. The quantitative estimate of drug-likeness (QED) is 0.724. The average molecular weight is 224 g/mol. The molecule has 1 heterocycles. The Balaban J connectivity index is 2.05. The van der Waals surface area contributed by atoms with Gasteiger partial charge in [0.1, 0.15) is 0 Å². The number of aromatic nitrogens is 3. The van der Waals surface area contributed by atoms with Crippen LogP contribution in [0.1, 0.15) is 5.56 Å². The fourth-order valence-corrected chi connectivity index (χ4v) is 2.00. The van der Waals surface area contributed by atoms with E-state index in [1.807, 2.05) is 12.1 Å². The molecule has 0 spiro atoms. The second kappa shape index (κ2) is 3.90. The summed E-state index contributed by atoms with van der Waals surface area (Å²) < 4.78 is 1.75. The van der Waals surface area contributed by atoms with Crippen molar-refractivity contribution in [2.75, 3.05) is 5.73 Å². The fourth-order valence-electron chi connectivity index (χ4n) is 2.00. The van der Waals surface area contributed by atoms with Gasteiger partial charge in [-0.05, 0) is 16.3 Å². The van der Waals surface area contributed by atoms with Crippen molar-refractivity contribution in [3.05, 3.63) is 54.2 Å². The Labute approximate surface area is 98.7 Å². The van der Waals surface area contributed by atoms with Crippen molar-refractivity contribution in [2.45, 2.75) is 6.54 Å². The van der Waals surface area contributed by atoms with Gasteiger partial charge in [0.15, 0.2) is 5.82 Å². The molecule has 0 radical (unpaired) electrons. The molecule has 0 saturated carbocycles. The van der Waals surface area contributed by atoms with Crippen LogP contribution in [-0.2, 0) is 6.54 Å². The van der Waals surface area contributed by atoms with E-state index in [1.54, 1.807) is 10.9 Å². The van der Waals surface area contributed by atoms with E-state index in [4.69, 9.17) is 5.73 Å². The van der Waals surface area contributed by atoms with E-state index in [0.717, 1.165) is 0 Å². The Morgan fingerprint density at radius 2 is 1.88 bits per heavy atom. The van der Waals surface area contributed by atoms with Gasteiger partial charge in [0.25, 0.3) is 0 Å². The maximum Gasteiger partial charge on any atom is 0.165 e. The van der Waals surface area contributed by atoms with Crippen LogP contribution in [-0.4, -0.2) is 15.0 Å². The SMILES string of the molecule is Nc1cn(Cc2cccc3ccccc23)nn1. The number of anilines is 1. The molecule has 4 nitrogen and oxygen atoms in total. The van der Waals surface area contributed by atoms with Gasteiger partial charge in [0.05, 0.1) is 12.7 Å². The van der Waals surface area contributed by atoms with Gasteiger partial charge in [-0.15, -0.1) is 5.10 Å². The third-order valence-corrected chi connectivity index (χ3v) is 2.77. The zero-order chi connectivity index (χ0) is 11.7. The number of benzene rings is 2. The first-order valence-corrected chi connectivity index (χ1v) is 5.45. The molecular formula is C13H12N4. The lowest BCUT2D eigenvalue weighted by Crippen LogP contribution is -2.01. The number of hydrogen-bond acceptors (Lipinski definition) is 3. The minimum atomic E-state index is 0.449. The van der Waals surface area contributed by atoms with E-state index in [0.29, 0.717) is 12.4 Å². The Kier molecular flexibility index (Phi) is 2.26. The van der Waals surface area contributed by atoms with Gasteiger partial charge in [0, 0.05) is 0 Å². The van der Waals surface area contributed by atoms with Crippen molar-refractivity contribution in [1.29, 1.82) is 0 Å². The highest BCUT2D eigenvalue weighted by Crippen LogP contribution is 2.19. The Morgan fingerprint density at radius 3 is 2.71 bits per heavy atom. The summed E-state index contributed by atoms with van der Waals surface area (Å²) >= 11 is 0. The number of nitrogens with two attached hydrogens (primary N) is 1. The molecule has 0 fully saturated rings. The molecule has 0 bridgehead atoms. The molecule has 3 rings (SSSR count). The van der Waals surface area contributed by atoms with Gasteiger partial charge >= 0.3 is 0 Å². The van der Waals surface area contributed by atoms with Gasteiger partial charge in [-0.3, -0.25) is 0 Å². The summed E-state index contributed by atoms with van der Waals surface area (Å²) in [5, 5.41) is 10.2. The summed E-state index contributed by atoms with van der Waals surface area (Å²) in [5.41, 5.74) is 6.77. The second-order valence-corrected chi connectivity index (χ2v) is 3.98. The molecule has 2 N–H and O–H groups in total. The van der Waals surface area contributed by atoms with E-state index >= 15 is 0 Å². The predicted molar refractivity (Wildman–Crippen MR) is 67.5 cm³/mol. The molecule has 4 heteroatoms. The molecule has 2 aromatic carbocycles. The molecule has 17 heavy (non-hydrogen) atoms. The number of rotatable bonds is 2. The number of fused-ring (bicyclic) bond motifs is 1. The van der Waals surface area contributed by atoms with Crippen molar-refractivity contribution < 1.29 is 0 Å². The van der Waals surface area contributed by atoms with E-state index in [9.17, 15) is 0 Å². The van der Waals surface area contributed by atoms with Crippen molar-refractivity contribution in [2.24, 2.45) is 0 Å². The Morgan fingerprint density at radius 1 is 1.06 bits per heavy atom. The summed E-state index contributed by atoms with van der Waals surface area (Å²) in [6, 6.07) is 14.6. The zero-order valence-corrected chi connectivity index (χ0v) is 9.24. The fraction of sp³-hybridized carbons (Fsp3) is 0.0769. The summed E-state index contributed by atoms with van der Waals surface area (Å²) in [4.78, 5) is 0. The first kappa shape index (κ1) is 9.84. The summed E-state index contributed by atoms with van der Waals surface area (Å²) in [6.45, 7) is 0.686. The maximum atomic E-state index is 5.55. The molecular weight excluding hydrogens is 212 g/mol. The van der Waals surface area contributed by atoms with Crippen LogP contribution in [0.2, 0.25) is 0 Å². The normalized spacial score (nSPS) is 10.8. The summed E-state index contributed by atoms with van der Waals surface area (Å²) in [6.07, 6.45) is 1.74. The first-order chi connectivity index (χ1) is 8.33. The Hall–Kier alpha value is -2.36. The molecule has 3 aromatic rings. The standard InChI is InChI=1S/C13H12N4/c14-13-9-17(16-15-13)8-11-6-3-5-10-4-1-2-7-12(10)11/h1-7,9H,8,14H2. The molecule has 0 unspecified atom stereocenters. The maximum absolute atomic E-state index is 5.55. The lowest BCUT2D eigenvalue weighted by Gasteiger charge is -2.05. The lowest BCUT2D eigenvalue weighted by atomic mass is 10.0. The summed E-state index contributed by atoms with van der Waals surface area (Å²) in [7, 11) is 0. The van der Waals surface area contributed by atoms with Gasteiger partial charge in [-0.2, -0.15) is 0 Å². The van der Waals surface area contributed by atoms with Crippen LogP contribution in [0.3, 0.4) is 0 Å². The molecule has 0 aliphatic carbocycles. The molecule has 0 saturated heterocycles. The smallest absolute Gasteiger partial charge is 0.165 e. The van der Waals surface area contributed by atoms with Crippen LogP contribution in [0.15, 0.2) is 48.7 Å². The van der Waals surface area contributed by atoms with Gasteiger partial charge in [-0.1, -0.05) is 47.7 Å². The van der Waals surface area contributed by atoms with Crippen molar-refractivity contribution in [1.82, 2.24) is 15.0 Å². The lowest BCUT2D eigenvalue weighted by molar-refractivity contribution is 0.652. The number of nitrogens with zero attached hydrogens (tertiary/aromatic N) is 3. The number of hydrogen-bond donors (Lipinski definition) is 1. The third kappa shape index (κ3) is 1.85. The molecule has 1 aromatic heterocycles. The number of nitrogen functional groups attached to an aromatic ring is 1. The van der Waals surface area contributed by atoms with Crippen LogP contribution >= 0.6 is 0 Å². The van der Waals surface area contributed by atoms with Crippen LogP contribution in [0.25, 0.3) is 10.8 Å². The largest absolute Gasteiger partial charge is 0.381 e. The monoisotopic (exact) mass is 224 g/mol. The van der Waals surface area contributed by atoms with Crippen LogP contribution in [0, 0.1) is 0 Å². The van der Waals surface area contributed by atoms with Crippen LogP contribution < -0.4 is 5.73 Å². The van der Waals surface area contributed by atoms with E-state index in [2.05, 4.69) is 40.6 Å². The van der Waals surface area contributed by atoms with Gasteiger partial charge in [-0.25, -0.2) is 4.68 Å². The van der Waals surface area contributed by atoms with Crippen molar-refractivity contribution in [3.63, 3.8) is 0 Å². The molecule has 0 aliphatic rings. The predicted octanol–water partition coefficient (Wildman–Crippen LogP) is 2.06. The minimum Gasteiger partial charge on any atom is -0.381 e. The van der Waals surface area contributed by atoms with Crippen LogP contribution in [0.4, 0.5) is 5.82 Å². The van der Waals surface area contributed by atoms with Gasteiger partial charge < -0.3 is 5.73 Å². The zero-order valence-electron chi connectivity index (χ0n) is 9.24. The van der Waals surface area contributed by atoms with Crippen molar-refractivity contribution >= 4 is 16.6 Å². The van der Waals surface area contributed by atoms with Crippen molar-refractivity contribution in [3.8, 4) is 0 Å². The average Bonchev–Trinajstić information content (AvgIpc) is 2.75. The molecule has 84 valence electrons. The third-order valence-electron chi connectivity index (χ3n) is 2.77. The first-order valence-electron chi connectivity index (χ1n) is 5.45. The van der Waals surface area contributed by atoms with E-state index < -0.39 is 0 Å². The highest BCUT2D eigenvalue weighted by atomic mass is 15.4. The highest BCUT2D eigenvalue weighted by Gasteiger charge is 2.02. The van der Waals surface area contributed by atoms with Crippen LogP contribution in [0.5, 0.6) is 0 Å². The highest BCUT2D eigenvalue weighted by molar-refractivity contribution is 5.85. The Bertz CT molecular complexity index is 652. The van der Waals surface area contributed by atoms with Gasteiger partial charge in [0.2, 0.25) is 0 Å². The molecule has 0 atom stereocenters. The van der Waals surface area contributed by atoms with E-state index in [1.165, 1.54) is 16.3 Å². The molecule has 0 amide bonds. The second-order valence-electron chi connectivity index (χ2n) is 3.98. The molecule has 0 aliphatic heterocycles. The summed E-state index contributed by atoms with van der Waals surface area (Å²) in [5.74, 6) is 0.449. The topological polar surface area (TPSA) is 56.7 Å². The van der Waals surface area contributed by atoms with E-state index in [-0.39, 0.29) is 0 Å².